The number of nitrogens with zero attached hydrogens (tertiary/aromatic N) is 6. The number of anilines is 2. The Morgan fingerprint density at radius 3 is 2.53 bits per heavy atom. The standard InChI is InChI=1S/C30H37FN8O4S2/c1-19(16-38-12-14-39(15-13-38)45(41,42)28-20(2)35-29(44-28)36-30(40)43-5)34-27-24-11-7-10-23(26(24)32-18-33-27)22-9-6-8-21(25(22)31)17-37(3)4/h6-11,18-19H,12-17H2,1-5H3,(H,32,33,34)(H,35,36,40)/t19-/m0/s1. The molecule has 240 valence electrons. The summed E-state index contributed by atoms with van der Waals surface area (Å²) < 4.78 is 48.4. The Morgan fingerprint density at radius 1 is 1.11 bits per heavy atom. The van der Waals surface area contributed by atoms with Crippen LogP contribution in [0.5, 0.6) is 0 Å². The van der Waals surface area contributed by atoms with Gasteiger partial charge in [-0.3, -0.25) is 10.2 Å². The number of para-hydroxylation sites is 1. The zero-order valence-corrected chi connectivity index (χ0v) is 27.5. The minimum Gasteiger partial charge on any atom is -0.453 e. The number of amides is 1. The number of thiazole rings is 1. The molecule has 5 rings (SSSR count). The highest BCUT2D eigenvalue weighted by molar-refractivity contribution is 7.91. The van der Waals surface area contributed by atoms with Crippen LogP contribution in [0.3, 0.4) is 0 Å². The van der Waals surface area contributed by atoms with E-state index in [4.69, 9.17) is 0 Å². The Morgan fingerprint density at radius 2 is 1.82 bits per heavy atom. The van der Waals surface area contributed by atoms with Gasteiger partial charge in [0.05, 0.1) is 18.3 Å². The summed E-state index contributed by atoms with van der Waals surface area (Å²) in [5, 5.41) is 6.87. The van der Waals surface area contributed by atoms with Crippen LogP contribution in [0.15, 0.2) is 46.9 Å². The monoisotopic (exact) mass is 656 g/mol. The van der Waals surface area contributed by atoms with Crippen molar-refractivity contribution in [3.63, 3.8) is 0 Å². The van der Waals surface area contributed by atoms with Crippen molar-refractivity contribution in [2.45, 2.75) is 30.6 Å². The molecule has 12 nitrogen and oxygen atoms in total. The van der Waals surface area contributed by atoms with E-state index in [-0.39, 0.29) is 21.2 Å². The van der Waals surface area contributed by atoms with Gasteiger partial charge in [0, 0.05) is 67.4 Å². The van der Waals surface area contributed by atoms with E-state index in [0.717, 1.165) is 16.7 Å². The van der Waals surface area contributed by atoms with Gasteiger partial charge < -0.3 is 15.0 Å². The summed E-state index contributed by atoms with van der Waals surface area (Å²) in [5.74, 6) is 0.391. The van der Waals surface area contributed by atoms with Crippen LogP contribution in [0.1, 0.15) is 18.2 Å². The molecule has 1 atom stereocenters. The number of ether oxygens (including phenoxy) is 1. The first-order valence-corrected chi connectivity index (χ1v) is 16.7. The van der Waals surface area contributed by atoms with Gasteiger partial charge in [-0.05, 0) is 34.0 Å². The lowest BCUT2D eigenvalue weighted by Crippen LogP contribution is -2.50. The Balaban J connectivity index is 1.25. The summed E-state index contributed by atoms with van der Waals surface area (Å²) in [4.78, 5) is 28.8. The number of aromatic nitrogens is 3. The Hall–Kier alpha value is -3.76. The molecule has 0 bridgehead atoms. The number of rotatable bonds is 10. The van der Waals surface area contributed by atoms with Crippen molar-refractivity contribution in [3.8, 4) is 11.1 Å². The van der Waals surface area contributed by atoms with Crippen LogP contribution in [0.4, 0.5) is 20.1 Å². The SMILES string of the molecule is COC(=O)Nc1nc(C)c(S(=O)(=O)N2CCN(C[C@H](C)Nc3ncnc4c(-c5cccc(CN(C)C)c5F)cccc34)CC2)s1. The molecule has 45 heavy (non-hydrogen) atoms. The third-order valence-electron chi connectivity index (χ3n) is 7.49. The van der Waals surface area contributed by atoms with Crippen molar-refractivity contribution in [3.05, 3.63) is 59.8 Å². The zero-order chi connectivity index (χ0) is 32.3. The number of hydrogen-bond donors (Lipinski definition) is 2. The first kappa shape index (κ1) is 32.6. The number of benzene rings is 2. The van der Waals surface area contributed by atoms with E-state index in [9.17, 15) is 13.2 Å². The third-order valence-corrected chi connectivity index (χ3v) is 11.0. The van der Waals surface area contributed by atoms with Crippen molar-refractivity contribution in [2.75, 3.05) is 64.6 Å². The molecule has 0 aliphatic carbocycles. The van der Waals surface area contributed by atoms with Crippen LogP contribution < -0.4 is 10.6 Å². The van der Waals surface area contributed by atoms with Crippen molar-refractivity contribution >= 4 is 49.3 Å². The van der Waals surface area contributed by atoms with Crippen LogP contribution >= 0.6 is 11.3 Å². The molecule has 1 aliphatic rings. The fourth-order valence-corrected chi connectivity index (χ4v) is 8.38. The maximum Gasteiger partial charge on any atom is 0.413 e. The molecular weight excluding hydrogens is 620 g/mol. The molecule has 1 saturated heterocycles. The zero-order valence-electron chi connectivity index (χ0n) is 25.9. The predicted molar refractivity (Wildman–Crippen MR) is 173 cm³/mol. The first-order chi connectivity index (χ1) is 21.5. The molecule has 1 aliphatic heterocycles. The molecule has 2 N–H and O–H groups in total. The molecule has 0 unspecified atom stereocenters. The number of sulfonamides is 1. The van der Waals surface area contributed by atoms with E-state index in [1.54, 1.807) is 19.1 Å². The normalized spacial score (nSPS) is 15.4. The van der Waals surface area contributed by atoms with E-state index in [1.807, 2.05) is 50.2 Å². The third kappa shape index (κ3) is 7.23. The number of hydrogen-bond acceptors (Lipinski definition) is 11. The second kappa shape index (κ2) is 13.7. The van der Waals surface area contributed by atoms with Crippen LogP contribution in [-0.4, -0.2) is 104 Å². The molecule has 2 aromatic carbocycles. The van der Waals surface area contributed by atoms with Gasteiger partial charge in [0.2, 0.25) is 0 Å². The number of halogens is 1. The fraction of sp³-hybridized carbons (Fsp3) is 0.400. The summed E-state index contributed by atoms with van der Waals surface area (Å²) in [5.41, 5.74) is 2.80. The van der Waals surface area contributed by atoms with E-state index in [2.05, 4.69) is 35.2 Å². The highest BCUT2D eigenvalue weighted by Crippen LogP contribution is 2.33. The molecular formula is C30H37FN8O4S2. The first-order valence-electron chi connectivity index (χ1n) is 14.5. The molecule has 2 aromatic heterocycles. The summed E-state index contributed by atoms with van der Waals surface area (Å²) in [6, 6.07) is 11.1. The Kier molecular flexibility index (Phi) is 9.94. The van der Waals surface area contributed by atoms with Gasteiger partial charge >= 0.3 is 6.09 Å². The number of carbonyl (C=O) groups is 1. The lowest BCUT2D eigenvalue weighted by atomic mass is 9.99. The van der Waals surface area contributed by atoms with Gasteiger partial charge in [-0.1, -0.05) is 41.7 Å². The molecule has 0 spiro atoms. The van der Waals surface area contributed by atoms with E-state index in [0.29, 0.717) is 73.0 Å². The highest BCUT2D eigenvalue weighted by atomic mass is 32.2. The molecule has 1 amide bonds. The quantitative estimate of drug-likeness (QED) is 0.255. The summed E-state index contributed by atoms with van der Waals surface area (Å²) in [6.07, 6.45) is 0.776. The van der Waals surface area contributed by atoms with Gasteiger partial charge in [0.25, 0.3) is 10.0 Å². The van der Waals surface area contributed by atoms with E-state index in [1.165, 1.54) is 17.7 Å². The van der Waals surface area contributed by atoms with Gasteiger partial charge in [0.1, 0.15) is 18.0 Å². The van der Waals surface area contributed by atoms with Crippen LogP contribution in [0.25, 0.3) is 22.0 Å². The predicted octanol–water partition coefficient (Wildman–Crippen LogP) is 4.25. The maximum absolute atomic E-state index is 15.5. The largest absolute Gasteiger partial charge is 0.453 e. The van der Waals surface area contributed by atoms with Crippen molar-refractivity contribution in [1.29, 1.82) is 0 Å². The molecule has 4 aromatic rings. The summed E-state index contributed by atoms with van der Waals surface area (Å²) >= 11 is 0.909. The summed E-state index contributed by atoms with van der Waals surface area (Å²) in [6.45, 7) is 6.54. The van der Waals surface area contributed by atoms with Crippen molar-refractivity contribution in [1.82, 2.24) is 29.1 Å². The second-order valence-electron chi connectivity index (χ2n) is 11.2. The number of aryl methyl sites for hydroxylation is 1. The average molecular weight is 657 g/mol. The van der Waals surface area contributed by atoms with E-state index >= 15 is 4.39 Å². The number of methoxy groups -OCH3 is 1. The average Bonchev–Trinajstić information content (AvgIpc) is 3.38. The lowest BCUT2D eigenvalue weighted by Gasteiger charge is -2.35. The molecule has 0 saturated carbocycles. The lowest BCUT2D eigenvalue weighted by molar-refractivity contribution is 0.184. The van der Waals surface area contributed by atoms with Crippen molar-refractivity contribution < 1.29 is 22.3 Å². The van der Waals surface area contributed by atoms with Gasteiger partial charge in [0.15, 0.2) is 9.34 Å². The van der Waals surface area contributed by atoms with Crippen LogP contribution in [0, 0.1) is 12.7 Å². The van der Waals surface area contributed by atoms with Crippen molar-refractivity contribution in [2.24, 2.45) is 0 Å². The maximum atomic E-state index is 15.5. The Bertz CT molecular complexity index is 1790. The highest BCUT2D eigenvalue weighted by Gasteiger charge is 2.32. The summed E-state index contributed by atoms with van der Waals surface area (Å²) in [7, 11) is 1.27. The Labute approximate surface area is 266 Å². The second-order valence-corrected chi connectivity index (χ2v) is 14.3. The number of nitrogens with one attached hydrogen (secondary N) is 2. The van der Waals surface area contributed by atoms with Gasteiger partial charge in [-0.25, -0.2) is 32.6 Å². The fourth-order valence-electron chi connectivity index (χ4n) is 5.42. The minimum absolute atomic E-state index is 0.0224. The van der Waals surface area contributed by atoms with Gasteiger partial charge in [-0.2, -0.15) is 4.31 Å². The minimum atomic E-state index is -3.77. The van der Waals surface area contributed by atoms with Gasteiger partial charge in [-0.15, -0.1) is 0 Å². The van der Waals surface area contributed by atoms with E-state index < -0.39 is 16.1 Å². The van der Waals surface area contributed by atoms with Crippen LogP contribution in [-0.2, 0) is 21.3 Å². The molecule has 3 heterocycles. The smallest absolute Gasteiger partial charge is 0.413 e. The molecule has 0 radical (unpaired) electrons. The van der Waals surface area contributed by atoms with Crippen LogP contribution in [0.2, 0.25) is 0 Å². The number of piperazine rings is 1. The number of carbonyl (C=O) groups excluding carboxylic acids is 1. The number of fused-ring (bicyclic) bond motifs is 1. The molecule has 1 fully saturated rings. The topological polar surface area (TPSA) is 133 Å². The molecule has 15 heteroatoms.